The number of rotatable bonds is 5. The number of nitrogens with one attached hydrogen (secondary N) is 1. The molecule has 2 aromatic rings. The molecule has 1 N–H and O–H groups in total. The van der Waals surface area contributed by atoms with Crippen molar-refractivity contribution in [3.63, 3.8) is 0 Å². The van der Waals surface area contributed by atoms with Crippen molar-refractivity contribution >= 4 is 23.3 Å². The van der Waals surface area contributed by atoms with Gasteiger partial charge in [0.1, 0.15) is 0 Å². The van der Waals surface area contributed by atoms with Crippen LogP contribution in [0.3, 0.4) is 0 Å². The lowest BCUT2D eigenvalue weighted by Gasteiger charge is -2.14. The Labute approximate surface area is 147 Å². The van der Waals surface area contributed by atoms with Gasteiger partial charge in [0.2, 0.25) is 11.7 Å². The Morgan fingerprint density at radius 2 is 1.76 bits per heavy atom. The van der Waals surface area contributed by atoms with Crippen molar-refractivity contribution in [1.82, 2.24) is 0 Å². The molecule has 0 aliphatic carbocycles. The third-order valence-electron chi connectivity index (χ3n) is 3.73. The zero-order chi connectivity index (χ0) is 18.6. The summed E-state index contributed by atoms with van der Waals surface area (Å²) in [6.07, 6.45) is -0.905. The highest BCUT2D eigenvalue weighted by Gasteiger charge is 2.22. The average molecular weight is 339 g/mol. The van der Waals surface area contributed by atoms with E-state index in [9.17, 15) is 14.4 Å². The number of carbonyl (C=O) groups is 3. The number of ether oxygens (including phenoxy) is 1. The maximum atomic E-state index is 12.6. The molecule has 0 radical (unpaired) electrons. The van der Waals surface area contributed by atoms with Gasteiger partial charge in [-0.2, -0.15) is 0 Å². The molecule has 0 unspecified atom stereocenters. The maximum Gasteiger partial charge on any atom is 0.338 e. The molecule has 0 bridgehead atoms. The van der Waals surface area contributed by atoms with Gasteiger partial charge in [-0.25, -0.2) is 4.79 Å². The molecule has 1 amide bonds. The summed E-state index contributed by atoms with van der Waals surface area (Å²) in [5.41, 5.74) is 3.12. The number of hydrogen-bond acceptors (Lipinski definition) is 4. The summed E-state index contributed by atoms with van der Waals surface area (Å²) in [4.78, 5) is 36.0. The smallest absolute Gasteiger partial charge is 0.338 e. The summed E-state index contributed by atoms with van der Waals surface area (Å²) in [7, 11) is 0. The molecular formula is C20H21NO4. The summed E-state index contributed by atoms with van der Waals surface area (Å²) >= 11 is 0. The SMILES string of the molecule is CC(=O)Nc1cccc(C(=O)O[C@H](C)C(=O)c2cc(C)ccc2C)c1. The van der Waals surface area contributed by atoms with E-state index in [0.717, 1.165) is 11.1 Å². The van der Waals surface area contributed by atoms with E-state index in [1.54, 1.807) is 31.2 Å². The maximum absolute atomic E-state index is 12.6. The molecule has 0 spiro atoms. The van der Waals surface area contributed by atoms with Crippen LogP contribution < -0.4 is 5.32 Å². The first-order chi connectivity index (χ1) is 11.8. The Morgan fingerprint density at radius 3 is 2.44 bits per heavy atom. The molecule has 2 rings (SSSR count). The fraction of sp³-hybridized carbons (Fsp3) is 0.250. The third kappa shape index (κ3) is 4.76. The predicted octanol–water partition coefficient (Wildman–Crippen LogP) is 3.69. The van der Waals surface area contributed by atoms with Gasteiger partial charge in [-0.3, -0.25) is 9.59 Å². The Balaban J connectivity index is 2.13. The van der Waals surface area contributed by atoms with Crippen molar-refractivity contribution in [1.29, 1.82) is 0 Å². The van der Waals surface area contributed by atoms with Gasteiger partial charge in [-0.15, -0.1) is 0 Å². The lowest BCUT2D eigenvalue weighted by molar-refractivity contribution is -0.114. The van der Waals surface area contributed by atoms with Crippen LogP contribution in [0.4, 0.5) is 5.69 Å². The molecule has 0 aliphatic heterocycles. The highest BCUT2D eigenvalue weighted by Crippen LogP contribution is 2.17. The second-order valence-electron chi connectivity index (χ2n) is 5.99. The quantitative estimate of drug-likeness (QED) is 0.666. The monoisotopic (exact) mass is 339 g/mol. The molecule has 0 saturated heterocycles. The second-order valence-corrected chi connectivity index (χ2v) is 5.99. The minimum absolute atomic E-state index is 0.232. The molecule has 1 atom stereocenters. The predicted molar refractivity (Wildman–Crippen MR) is 95.9 cm³/mol. The number of ketones is 1. The van der Waals surface area contributed by atoms with Crippen molar-refractivity contribution in [2.75, 3.05) is 5.32 Å². The molecule has 0 aliphatic rings. The van der Waals surface area contributed by atoms with Crippen molar-refractivity contribution in [2.24, 2.45) is 0 Å². The topological polar surface area (TPSA) is 72.5 Å². The molecule has 130 valence electrons. The summed E-state index contributed by atoms with van der Waals surface area (Å²) in [5, 5.41) is 2.60. The minimum Gasteiger partial charge on any atom is -0.451 e. The molecule has 0 fully saturated rings. The molecule has 0 aromatic heterocycles. The number of carbonyl (C=O) groups excluding carboxylic acids is 3. The molecular weight excluding hydrogens is 318 g/mol. The normalized spacial score (nSPS) is 11.5. The number of esters is 1. The first-order valence-corrected chi connectivity index (χ1v) is 7.98. The zero-order valence-electron chi connectivity index (χ0n) is 14.8. The van der Waals surface area contributed by atoms with Crippen LogP contribution in [-0.4, -0.2) is 23.8 Å². The van der Waals surface area contributed by atoms with E-state index in [4.69, 9.17) is 4.74 Å². The number of Topliss-reactive ketones (excluding diaryl/α,β-unsaturated/α-hetero) is 1. The van der Waals surface area contributed by atoms with Crippen LogP contribution >= 0.6 is 0 Å². The number of aryl methyl sites for hydroxylation is 2. The number of hydrogen-bond donors (Lipinski definition) is 1. The van der Waals surface area contributed by atoms with Gasteiger partial charge >= 0.3 is 5.97 Å². The summed E-state index contributed by atoms with van der Waals surface area (Å²) in [6, 6.07) is 12.0. The van der Waals surface area contributed by atoms with Crippen LogP contribution in [-0.2, 0) is 9.53 Å². The van der Waals surface area contributed by atoms with E-state index in [-0.39, 0.29) is 17.3 Å². The van der Waals surface area contributed by atoms with E-state index in [1.807, 2.05) is 26.0 Å². The lowest BCUT2D eigenvalue weighted by Crippen LogP contribution is -2.25. The largest absolute Gasteiger partial charge is 0.451 e. The van der Waals surface area contributed by atoms with E-state index in [0.29, 0.717) is 11.3 Å². The zero-order valence-corrected chi connectivity index (χ0v) is 14.8. The van der Waals surface area contributed by atoms with Gasteiger partial charge in [0.05, 0.1) is 5.56 Å². The highest BCUT2D eigenvalue weighted by atomic mass is 16.5. The molecule has 25 heavy (non-hydrogen) atoms. The van der Waals surface area contributed by atoms with Gasteiger partial charge < -0.3 is 10.1 Å². The van der Waals surface area contributed by atoms with Crippen LogP contribution in [0.1, 0.15) is 45.7 Å². The van der Waals surface area contributed by atoms with E-state index < -0.39 is 12.1 Å². The van der Waals surface area contributed by atoms with Crippen molar-refractivity contribution in [2.45, 2.75) is 33.8 Å². The van der Waals surface area contributed by atoms with Crippen LogP contribution in [0.25, 0.3) is 0 Å². The summed E-state index contributed by atoms with van der Waals surface area (Å²) in [5.74, 6) is -1.09. The first-order valence-electron chi connectivity index (χ1n) is 7.98. The van der Waals surface area contributed by atoms with Crippen LogP contribution in [0.2, 0.25) is 0 Å². The van der Waals surface area contributed by atoms with Gasteiger partial charge in [0, 0.05) is 18.2 Å². The highest BCUT2D eigenvalue weighted by molar-refractivity contribution is 6.02. The van der Waals surface area contributed by atoms with Gasteiger partial charge in [0.25, 0.3) is 0 Å². The van der Waals surface area contributed by atoms with Gasteiger partial charge in [0.15, 0.2) is 6.10 Å². The van der Waals surface area contributed by atoms with Crippen molar-refractivity contribution < 1.29 is 19.1 Å². The van der Waals surface area contributed by atoms with Crippen LogP contribution in [0, 0.1) is 13.8 Å². The average Bonchev–Trinajstić information content (AvgIpc) is 2.56. The standard InChI is InChI=1S/C20H21NO4/c1-12-8-9-13(2)18(10-12)19(23)14(3)25-20(24)16-6-5-7-17(11-16)21-15(4)22/h5-11,14H,1-4H3,(H,21,22)/t14-/m1/s1. The summed E-state index contributed by atoms with van der Waals surface area (Å²) in [6.45, 7) is 6.69. The lowest BCUT2D eigenvalue weighted by atomic mass is 9.99. The Kier molecular flexibility index (Phi) is 5.70. The van der Waals surface area contributed by atoms with E-state index >= 15 is 0 Å². The third-order valence-corrected chi connectivity index (χ3v) is 3.73. The van der Waals surface area contributed by atoms with Crippen LogP contribution in [0.15, 0.2) is 42.5 Å². The Bertz CT molecular complexity index is 826. The van der Waals surface area contributed by atoms with E-state index in [1.165, 1.54) is 13.0 Å². The summed E-state index contributed by atoms with van der Waals surface area (Å²) < 4.78 is 5.31. The Hall–Kier alpha value is -2.95. The Morgan fingerprint density at radius 1 is 1.04 bits per heavy atom. The number of benzene rings is 2. The number of amides is 1. The van der Waals surface area contributed by atoms with Crippen molar-refractivity contribution in [3.05, 3.63) is 64.7 Å². The second kappa shape index (κ2) is 7.75. The molecule has 5 nitrogen and oxygen atoms in total. The fourth-order valence-corrected chi connectivity index (χ4v) is 2.43. The fourth-order valence-electron chi connectivity index (χ4n) is 2.43. The van der Waals surface area contributed by atoms with E-state index in [2.05, 4.69) is 5.32 Å². The first kappa shape index (κ1) is 18.4. The number of anilines is 1. The van der Waals surface area contributed by atoms with Gasteiger partial charge in [-0.1, -0.05) is 23.8 Å². The molecule has 5 heteroatoms. The van der Waals surface area contributed by atoms with Crippen LogP contribution in [0.5, 0.6) is 0 Å². The molecule has 0 heterocycles. The minimum atomic E-state index is -0.905. The molecule has 0 saturated carbocycles. The molecule has 2 aromatic carbocycles. The van der Waals surface area contributed by atoms with Gasteiger partial charge in [-0.05, 0) is 50.6 Å². The van der Waals surface area contributed by atoms with Crippen molar-refractivity contribution in [3.8, 4) is 0 Å².